The van der Waals surface area contributed by atoms with E-state index in [0.717, 1.165) is 51.4 Å². The normalized spacial score (nSPS) is 12.7. The van der Waals surface area contributed by atoms with Crippen molar-refractivity contribution in [3.63, 3.8) is 0 Å². The fourth-order valence-electron chi connectivity index (χ4n) is 8.63. The molecule has 0 heterocycles. The number of allylic oxidation sites excluding steroid dienone is 11. The molecular weight excluding hydrogens is 837 g/mol. The summed E-state index contributed by atoms with van der Waals surface area (Å²) in [5, 5.41) is 9.60. The summed E-state index contributed by atoms with van der Waals surface area (Å²) in [6.07, 6.45) is 80.9. The first kappa shape index (κ1) is 65.3. The second kappa shape index (κ2) is 58.7. The van der Waals surface area contributed by atoms with Crippen LogP contribution in [0, 0.1) is 0 Å². The highest BCUT2D eigenvalue weighted by atomic mass is 16.6. The second-order valence-electron chi connectivity index (χ2n) is 19.7. The predicted molar refractivity (Wildman–Crippen MR) is 297 cm³/mol. The number of hydrogen-bond donors (Lipinski definition) is 1. The summed E-state index contributed by atoms with van der Waals surface area (Å²) in [6, 6.07) is 0. The van der Waals surface area contributed by atoms with E-state index >= 15 is 0 Å². The van der Waals surface area contributed by atoms with Crippen molar-refractivity contribution in [3.8, 4) is 0 Å². The maximum Gasteiger partial charge on any atom is 0.310 e. The molecule has 5 heteroatoms. The van der Waals surface area contributed by atoms with Crippen LogP contribution in [0.1, 0.15) is 296 Å². The van der Waals surface area contributed by atoms with E-state index in [1.807, 2.05) is 6.08 Å². The molecule has 0 saturated heterocycles. The molecule has 0 amide bonds. The first-order valence-corrected chi connectivity index (χ1v) is 29.5. The summed E-state index contributed by atoms with van der Waals surface area (Å²) in [6.45, 7) is 3.96. The molecule has 0 saturated carbocycles. The molecule has 0 radical (unpaired) electrons. The number of unbranched alkanes of at least 4 members (excludes halogenated alkanes) is 35. The maximum atomic E-state index is 12.2. The molecule has 0 aromatic carbocycles. The Morgan fingerprint density at radius 3 is 1.01 bits per heavy atom. The zero-order valence-electron chi connectivity index (χ0n) is 45.1. The summed E-state index contributed by atoms with van der Waals surface area (Å²) in [5.74, 6) is -0.731. The maximum absolute atomic E-state index is 12.2. The molecule has 394 valence electrons. The monoisotopic (exact) mass is 949 g/mol. The Kier molecular flexibility index (Phi) is 56.4. The number of aliphatic hydroxyl groups is 1. The Labute approximate surface area is 423 Å². The number of aliphatic hydroxyl groups excluding tert-OH is 1. The molecule has 0 bridgehead atoms. The minimum Gasteiger partial charge on any atom is -0.462 e. The van der Waals surface area contributed by atoms with Crippen LogP contribution in [0.3, 0.4) is 0 Å². The van der Waals surface area contributed by atoms with Crippen LogP contribution >= 0.6 is 0 Å². The van der Waals surface area contributed by atoms with Crippen LogP contribution in [0.2, 0.25) is 0 Å². The number of hydrogen-bond acceptors (Lipinski definition) is 5. The fraction of sp³-hybridized carbons (Fsp3) is 0.778. The third-order valence-electron chi connectivity index (χ3n) is 13.0. The summed E-state index contributed by atoms with van der Waals surface area (Å²) >= 11 is 0. The van der Waals surface area contributed by atoms with E-state index in [4.69, 9.17) is 9.47 Å². The predicted octanol–water partition coefficient (Wildman–Crippen LogP) is 20.0. The Hall–Kier alpha value is -2.66. The van der Waals surface area contributed by atoms with E-state index < -0.39 is 12.1 Å². The molecule has 0 aromatic heterocycles. The van der Waals surface area contributed by atoms with Crippen LogP contribution < -0.4 is 0 Å². The Morgan fingerprint density at radius 2 is 0.676 bits per heavy atom. The molecule has 0 fully saturated rings. The smallest absolute Gasteiger partial charge is 0.310 e. The van der Waals surface area contributed by atoms with Crippen molar-refractivity contribution in [1.29, 1.82) is 0 Å². The van der Waals surface area contributed by atoms with Crippen molar-refractivity contribution < 1.29 is 24.2 Å². The molecule has 0 aliphatic heterocycles. The van der Waals surface area contributed by atoms with Crippen molar-refractivity contribution in [2.75, 3.05) is 13.2 Å². The van der Waals surface area contributed by atoms with Gasteiger partial charge in [-0.2, -0.15) is 0 Å². The van der Waals surface area contributed by atoms with Gasteiger partial charge in [-0.05, 0) is 64.2 Å². The standard InChI is InChI=1S/C63H112O5/c1-3-5-7-9-11-13-15-17-19-20-21-22-23-24-25-26-27-28-29-30-31-32-33-34-35-36-37-38-39-40-41-42-44-45-47-49-51-53-55-57-62(65)67-60-61(59-64)68-63(66)58-56-54-52-50-48-46-43-18-16-14-12-10-8-6-4-2/h6,8,12,14,18,20-21,43,48,50,54,56,61,64H,3-5,7,9-11,13,15-17,19,22-42,44-47,49,51-53,55,57-60H2,1-2H3/b8-6-,14-12-,21-20-,43-18-,50-48-,56-54-. The van der Waals surface area contributed by atoms with Crippen LogP contribution in [0.15, 0.2) is 72.9 Å². The third kappa shape index (κ3) is 55.9. The lowest BCUT2D eigenvalue weighted by Gasteiger charge is -2.15. The Bertz CT molecular complexity index is 1210. The highest BCUT2D eigenvalue weighted by molar-refractivity contribution is 5.71. The van der Waals surface area contributed by atoms with E-state index in [0.29, 0.717) is 6.42 Å². The molecule has 1 atom stereocenters. The lowest BCUT2D eigenvalue weighted by molar-refractivity contribution is -0.160. The largest absolute Gasteiger partial charge is 0.462 e. The average Bonchev–Trinajstić information content (AvgIpc) is 3.34. The van der Waals surface area contributed by atoms with Crippen LogP contribution in [-0.4, -0.2) is 36.4 Å². The van der Waals surface area contributed by atoms with Crippen molar-refractivity contribution >= 4 is 11.9 Å². The topological polar surface area (TPSA) is 72.8 Å². The third-order valence-corrected chi connectivity index (χ3v) is 13.0. The lowest BCUT2D eigenvalue weighted by Crippen LogP contribution is -2.28. The first-order valence-electron chi connectivity index (χ1n) is 29.5. The average molecular weight is 950 g/mol. The molecular formula is C63H112O5. The molecule has 5 nitrogen and oxygen atoms in total. The fourth-order valence-corrected chi connectivity index (χ4v) is 8.63. The van der Waals surface area contributed by atoms with Crippen LogP contribution in [-0.2, 0) is 19.1 Å². The van der Waals surface area contributed by atoms with E-state index in [-0.39, 0.29) is 25.6 Å². The zero-order chi connectivity index (χ0) is 49.2. The summed E-state index contributed by atoms with van der Waals surface area (Å²) in [7, 11) is 0. The van der Waals surface area contributed by atoms with Crippen LogP contribution in [0.25, 0.3) is 0 Å². The highest BCUT2D eigenvalue weighted by Gasteiger charge is 2.15. The van der Waals surface area contributed by atoms with Gasteiger partial charge < -0.3 is 14.6 Å². The zero-order valence-corrected chi connectivity index (χ0v) is 45.1. The number of carbonyl (C=O) groups is 2. The van der Waals surface area contributed by atoms with Crippen LogP contribution in [0.4, 0.5) is 0 Å². The minimum atomic E-state index is -0.828. The van der Waals surface area contributed by atoms with Crippen molar-refractivity contribution in [2.24, 2.45) is 0 Å². The van der Waals surface area contributed by atoms with E-state index in [1.54, 1.807) is 6.08 Å². The first-order chi connectivity index (χ1) is 33.6. The number of ether oxygens (including phenoxy) is 2. The van der Waals surface area contributed by atoms with Gasteiger partial charge in [0.15, 0.2) is 6.10 Å². The van der Waals surface area contributed by atoms with E-state index in [1.165, 1.54) is 218 Å². The van der Waals surface area contributed by atoms with E-state index in [2.05, 4.69) is 74.6 Å². The van der Waals surface area contributed by atoms with Gasteiger partial charge in [0, 0.05) is 6.42 Å². The van der Waals surface area contributed by atoms with Gasteiger partial charge in [-0.15, -0.1) is 0 Å². The Morgan fingerprint density at radius 1 is 0.368 bits per heavy atom. The quantitative estimate of drug-likeness (QED) is 0.0374. The van der Waals surface area contributed by atoms with Gasteiger partial charge in [0.05, 0.1) is 13.0 Å². The van der Waals surface area contributed by atoms with Crippen molar-refractivity contribution in [3.05, 3.63) is 72.9 Å². The van der Waals surface area contributed by atoms with Gasteiger partial charge in [-0.1, -0.05) is 292 Å². The summed E-state index contributed by atoms with van der Waals surface area (Å²) < 4.78 is 10.6. The number of esters is 2. The van der Waals surface area contributed by atoms with Gasteiger partial charge >= 0.3 is 11.9 Å². The van der Waals surface area contributed by atoms with Gasteiger partial charge in [-0.25, -0.2) is 0 Å². The second-order valence-corrected chi connectivity index (χ2v) is 19.7. The summed E-state index contributed by atoms with van der Waals surface area (Å²) in [4.78, 5) is 24.4. The molecule has 1 unspecified atom stereocenters. The molecule has 1 N–H and O–H groups in total. The van der Waals surface area contributed by atoms with E-state index in [9.17, 15) is 14.7 Å². The molecule has 0 aliphatic carbocycles. The summed E-state index contributed by atoms with van der Waals surface area (Å²) in [5.41, 5.74) is 0. The van der Waals surface area contributed by atoms with Crippen molar-refractivity contribution in [1.82, 2.24) is 0 Å². The lowest BCUT2D eigenvalue weighted by atomic mass is 10.0. The molecule has 0 rings (SSSR count). The number of carbonyl (C=O) groups excluding carboxylic acids is 2. The Balaban J connectivity index is 3.41. The molecule has 0 aliphatic rings. The van der Waals surface area contributed by atoms with Gasteiger partial charge in [-0.3, -0.25) is 9.59 Å². The molecule has 68 heavy (non-hydrogen) atoms. The van der Waals surface area contributed by atoms with Gasteiger partial charge in [0.2, 0.25) is 0 Å². The van der Waals surface area contributed by atoms with Gasteiger partial charge in [0.1, 0.15) is 6.61 Å². The SMILES string of the molecule is CC/C=C\C/C=C\C/C=C\C/C=C\C/C=C\CC(=O)OC(CO)COC(=O)CCCCCCCCCCCCCCCCCCCCCCCCCCCCC/C=C\CCCCCCCCCC. The number of rotatable bonds is 54. The van der Waals surface area contributed by atoms with Crippen LogP contribution in [0.5, 0.6) is 0 Å². The minimum absolute atomic E-state index is 0.106. The van der Waals surface area contributed by atoms with Crippen molar-refractivity contribution in [2.45, 2.75) is 302 Å². The molecule has 0 aromatic rings. The highest BCUT2D eigenvalue weighted by Crippen LogP contribution is 2.17. The van der Waals surface area contributed by atoms with Gasteiger partial charge in [0.25, 0.3) is 0 Å². The molecule has 0 spiro atoms.